The molecule has 0 unspecified atom stereocenters. The molecule has 4 heteroatoms. The Morgan fingerprint density at radius 1 is 1.25 bits per heavy atom. The Hall–Kier alpha value is -0.350. The van der Waals surface area contributed by atoms with E-state index in [-0.39, 0.29) is 41.5 Å². The summed E-state index contributed by atoms with van der Waals surface area (Å²) in [5.41, 5.74) is 0.843. The zero-order valence-corrected chi connectivity index (χ0v) is 5.95. The molecule has 0 aromatic heterocycles. The summed E-state index contributed by atoms with van der Waals surface area (Å²) in [5, 5.41) is 8.37. The van der Waals surface area contributed by atoms with E-state index in [0.717, 1.165) is 5.56 Å². The molecule has 12 heavy (non-hydrogen) atoms. The van der Waals surface area contributed by atoms with Crippen LogP contribution in [-0.4, -0.2) is 46.1 Å². The number of carboxylic acids is 1. The average Bonchev–Trinajstić information content (AvgIpc) is 1.88. The van der Waals surface area contributed by atoms with Crippen LogP contribution in [0.2, 0.25) is 0 Å². The third kappa shape index (κ3) is 5.32. The minimum atomic E-state index is -0.786. The predicted octanol–water partition coefficient (Wildman–Crippen LogP) is -0.160. The van der Waals surface area contributed by atoms with E-state index in [1.165, 1.54) is 0 Å². The van der Waals surface area contributed by atoms with Crippen LogP contribution in [0.3, 0.4) is 0 Å². The number of carbonyl (C=O) groups is 1. The number of rotatable bonds is 2. The first-order valence-corrected chi connectivity index (χ1v) is 3.05. The minimum absolute atomic E-state index is 0. The summed E-state index contributed by atoms with van der Waals surface area (Å²) in [4.78, 5) is 10.2. The molecule has 1 aromatic carbocycles. The summed E-state index contributed by atoms with van der Waals surface area (Å²) in [6.07, 6.45) is 0.112. The van der Waals surface area contributed by atoms with Crippen molar-refractivity contribution in [1.82, 2.24) is 0 Å². The fourth-order valence-electron chi connectivity index (χ4n) is 0.770. The average molecular weight is 178 g/mol. The molecule has 0 saturated heterocycles. The predicted molar refractivity (Wildman–Crippen MR) is 48.5 cm³/mol. The van der Waals surface area contributed by atoms with E-state index < -0.39 is 5.97 Å². The first-order valence-electron chi connectivity index (χ1n) is 3.05. The van der Waals surface area contributed by atoms with Crippen molar-refractivity contribution >= 4 is 35.5 Å². The number of hydrogen-bond acceptors (Lipinski definition) is 1. The zero-order chi connectivity index (χ0) is 7.40. The van der Waals surface area contributed by atoms with E-state index in [4.69, 9.17) is 5.11 Å². The van der Waals surface area contributed by atoms with Crippen LogP contribution in [0.15, 0.2) is 30.3 Å². The molecule has 0 radical (unpaired) electrons. The van der Waals surface area contributed by atoms with Crippen molar-refractivity contribution in [1.29, 1.82) is 0 Å². The first kappa shape index (κ1) is 14.2. The Morgan fingerprint density at radius 2 is 1.75 bits per heavy atom. The maximum atomic E-state index is 10.2. The van der Waals surface area contributed by atoms with E-state index in [1.807, 2.05) is 18.2 Å². The van der Waals surface area contributed by atoms with Gasteiger partial charge in [0.15, 0.2) is 0 Å². The van der Waals surface area contributed by atoms with Crippen LogP contribution in [0.25, 0.3) is 0 Å². The molecule has 3 nitrogen and oxygen atoms in total. The molecule has 0 amide bonds. The van der Waals surface area contributed by atoms with Crippen molar-refractivity contribution in [2.45, 2.75) is 6.42 Å². The molecule has 1 aromatic rings. The van der Waals surface area contributed by atoms with Gasteiger partial charge in [-0.3, -0.25) is 4.79 Å². The van der Waals surface area contributed by atoms with Crippen LogP contribution < -0.4 is 0 Å². The van der Waals surface area contributed by atoms with Crippen molar-refractivity contribution in [3.8, 4) is 0 Å². The second kappa shape index (κ2) is 7.31. The number of carboxylic acid groups (broad SMARTS) is 1. The summed E-state index contributed by atoms with van der Waals surface area (Å²) in [7, 11) is 0. The van der Waals surface area contributed by atoms with Crippen LogP contribution in [0.4, 0.5) is 0 Å². The van der Waals surface area contributed by atoms with E-state index >= 15 is 0 Å². The molecule has 0 atom stereocenters. The molecule has 0 fully saturated rings. The van der Waals surface area contributed by atoms with Gasteiger partial charge < -0.3 is 10.6 Å². The van der Waals surface area contributed by atoms with Crippen LogP contribution in [0.5, 0.6) is 0 Å². The number of benzene rings is 1. The SMILES string of the molecule is O.O=C(O)Cc1ccccc1.[NaH]. The van der Waals surface area contributed by atoms with Gasteiger partial charge in [0.05, 0.1) is 6.42 Å². The van der Waals surface area contributed by atoms with Gasteiger partial charge in [0.25, 0.3) is 0 Å². The van der Waals surface area contributed by atoms with Gasteiger partial charge >= 0.3 is 35.5 Å². The van der Waals surface area contributed by atoms with Gasteiger partial charge in [-0.25, -0.2) is 0 Å². The van der Waals surface area contributed by atoms with Crippen molar-refractivity contribution in [3.05, 3.63) is 35.9 Å². The van der Waals surface area contributed by atoms with E-state index in [0.29, 0.717) is 0 Å². The van der Waals surface area contributed by atoms with Gasteiger partial charge in [0.1, 0.15) is 0 Å². The molecule has 1 rings (SSSR count). The normalized spacial score (nSPS) is 7.67. The second-order valence-electron chi connectivity index (χ2n) is 2.06. The maximum absolute atomic E-state index is 10.2. The van der Waals surface area contributed by atoms with Gasteiger partial charge in [0, 0.05) is 0 Å². The van der Waals surface area contributed by atoms with Crippen LogP contribution >= 0.6 is 0 Å². The molecule has 0 aliphatic rings. The van der Waals surface area contributed by atoms with Gasteiger partial charge in [-0.1, -0.05) is 30.3 Å². The summed E-state index contributed by atoms with van der Waals surface area (Å²) in [6, 6.07) is 9.13. The molecular formula is C8H11NaO3. The standard InChI is InChI=1S/C8H8O2.Na.H2O.H/c9-8(10)6-7-4-2-1-3-5-7;;;/h1-5H,6H2,(H,9,10);;1H2;. The summed E-state index contributed by atoms with van der Waals surface area (Å²) in [6.45, 7) is 0. The third-order valence-electron chi connectivity index (χ3n) is 1.20. The molecule has 0 saturated carbocycles. The van der Waals surface area contributed by atoms with Crippen LogP contribution in [-0.2, 0) is 11.2 Å². The quantitative estimate of drug-likeness (QED) is 0.639. The van der Waals surface area contributed by atoms with Crippen LogP contribution in [0.1, 0.15) is 5.56 Å². The molecule has 3 N–H and O–H groups in total. The summed E-state index contributed by atoms with van der Waals surface area (Å²) < 4.78 is 0. The van der Waals surface area contributed by atoms with Gasteiger partial charge in [-0.05, 0) is 5.56 Å². The Kier molecular flexibility index (Phi) is 8.64. The van der Waals surface area contributed by atoms with Gasteiger partial charge in [-0.2, -0.15) is 0 Å². The van der Waals surface area contributed by atoms with Crippen molar-refractivity contribution in [3.63, 3.8) is 0 Å². The Balaban J connectivity index is 0. The molecule has 0 spiro atoms. The molecule has 0 heterocycles. The first-order chi connectivity index (χ1) is 4.79. The molecular weight excluding hydrogens is 167 g/mol. The van der Waals surface area contributed by atoms with E-state index in [2.05, 4.69) is 0 Å². The molecule has 0 aliphatic carbocycles. The fraction of sp³-hybridized carbons (Fsp3) is 0.125. The Bertz CT molecular complexity index is 223. The molecule has 0 aliphatic heterocycles. The van der Waals surface area contributed by atoms with Crippen LogP contribution in [0, 0.1) is 0 Å². The third-order valence-corrected chi connectivity index (χ3v) is 1.20. The Morgan fingerprint density at radius 3 is 2.17 bits per heavy atom. The molecule has 0 bridgehead atoms. The van der Waals surface area contributed by atoms with Crippen molar-refractivity contribution in [2.24, 2.45) is 0 Å². The van der Waals surface area contributed by atoms with Gasteiger partial charge in [-0.15, -0.1) is 0 Å². The number of hydrogen-bond donors (Lipinski definition) is 1. The molecule has 62 valence electrons. The van der Waals surface area contributed by atoms with E-state index in [9.17, 15) is 4.79 Å². The second-order valence-corrected chi connectivity index (χ2v) is 2.06. The Labute approximate surface area is 93.0 Å². The topological polar surface area (TPSA) is 68.8 Å². The van der Waals surface area contributed by atoms with E-state index in [1.54, 1.807) is 12.1 Å². The van der Waals surface area contributed by atoms with Crippen molar-refractivity contribution in [2.75, 3.05) is 0 Å². The zero-order valence-electron chi connectivity index (χ0n) is 5.95. The summed E-state index contributed by atoms with van der Waals surface area (Å²) in [5.74, 6) is -0.786. The summed E-state index contributed by atoms with van der Waals surface area (Å²) >= 11 is 0. The number of aliphatic carboxylic acids is 1. The van der Waals surface area contributed by atoms with Crippen molar-refractivity contribution < 1.29 is 15.4 Å². The monoisotopic (exact) mass is 178 g/mol. The fourth-order valence-corrected chi connectivity index (χ4v) is 0.770. The van der Waals surface area contributed by atoms with Gasteiger partial charge in [0.2, 0.25) is 0 Å².